The summed E-state index contributed by atoms with van der Waals surface area (Å²) in [6, 6.07) is 1.81. The number of carbonyl (C=O) groups excluding carboxylic acids is 1. The Morgan fingerprint density at radius 1 is 1.52 bits per heavy atom. The molecule has 1 heterocycles. The third-order valence-corrected chi connectivity index (χ3v) is 3.20. The smallest absolute Gasteiger partial charge is 0.362 e. The van der Waals surface area contributed by atoms with Crippen LogP contribution in [0, 0.1) is 11.8 Å². The number of carbonyl (C=O) groups is 1. The van der Waals surface area contributed by atoms with E-state index in [1.54, 1.807) is 0 Å². The van der Waals surface area contributed by atoms with E-state index in [9.17, 15) is 18.0 Å². The lowest BCUT2D eigenvalue weighted by molar-refractivity contribution is -0.177. The highest BCUT2D eigenvalue weighted by Gasteiger charge is 2.28. The Kier molecular flexibility index (Phi) is 6.68. The number of rotatable bonds is 5. The Morgan fingerprint density at radius 3 is 2.86 bits per heavy atom. The first kappa shape index (κ1) is 17.5. The molecule has 116 valence electrons. The number of likely N-dealkylation sites (N-methyl/N-ethyl adjacent to an activating group) is 1. The van der Waals surface area contributed by atoms with Gasteiger partial charge in [-0.1, -0.05) is 11.8 Å². The predicted molar refractivity (Wildman–Crippen MR) is 73.6 cm³/mol. The number of thiophene rings is 1. The number of hydrogen-bond acceptors (Lipinski definition) is 4. The summed E-state index contributed by atoms with van der Waals surface area (Å²) in [7, 11) is 1.50. The average molecular weight is 320 g/mol. The lowest BCUT2D eigenvalue weighted by atomic mass is 10.3. The largest absolute Gasteiger partial charge is 0.411 e. The van der Waals surface area contributed by atoms with Crippen LogP contribution < -0.4 is 5.73 Å². The van der Waals surface area contributed by atoms with E-state index < -0.39 is 25.3 Å². The summed E-state index contributed by atoms with van der Waals surface area (Å²) in [5.41, 5.74) is 6.12. The van der Waals surface area contributed by atoms with Crippen molar-refractivity contribution in [1.29, 1.82) is 0 Å². The van der Waals surface area contributed by atoms with E-state index >= 15 is 0 Å². The summed E-state index contributed by atoms with van der Waals surface area (Å²) >= 11 is 1.42. The Morgan fingerprint density at radius 2 is 2.24 bits per heavy atom. The van der Waals surface area contributed by atoms with Gasteiger partial charge in [0.1, 0.15) is 13.2 Å². The summed E-state index contributed by atoms with van der Waals surface area (Å²) < 4.78 is 40.0. The highest BCUT2D eigenvalue weighted by atomic mass is 32.1. The molecule has 0 saturated carbocycles. The van der Waals surface area contributed by atoms with Crippen LogP contribution >= 0.6 is 11.3 Å². The molecule has 1 aromatic rings. The van der Waals surface area contributed by atoms with Gasteiger partial charge in [0.25, 0.3) is 0 Å². The van der Waals surface area contributed by atoms with Crippen molar-refractivity contribution in [3.8, 4) is 11.8 Å². The van der Waals surface area contributed by atoms with Crippen molar-refractivity contribution in [2.24, 2.45) is 5.73 Å². The molecule has 0 fully saturated rings. The minimum absolute atomic E-state index is 0.266. The molecule has 0 aliphatic carbocycles. The lowest BCUT2D eigenvalue weighted by Crippen LogP contribution is -2.31. The second kappa shape index (κ2) is 8.02. The number of alkyl halides is 3. The second-order valence-corrected chi connectivity index (χ2v) is 5.09. The van der Waals surface area contributed by atoms with Crippen LogP contribution in [0.25, 0.3) is 0 Å². The van der Waals surface area contributed by atoms with Gasteiger partial charge in [0.15, 0.2) is 0 Å². The molecule has 21 heavy (non-hydrogen) atoms. The van der Waals surface area contributed by atoms with Crippen molar-refractivity contribution in [3.05, 3.63) is 21.9 Å². The molecule has 0 saturated heterocycles. The quantitative estimate of drug-likeness (QED) is 0.839. The van der Waals surface area contributed by atoms with E-state index in [1.165, 1.54) is 23.3 Å². The Bertz CT molecular complexity index is 531. The van der Waals surface area contributed by atoms with Crippen LogP contribution in [-0.2, 0) is 16.1 Å². The molecular weight excluding hydrogens is 305 g/mol. The highest BCUT2D eigenvalue weighted by Crippen LogP contribution is 2.16. The van der Waals surface area contributed by atoms with Crippen LogP contribution in [0.1, 0.15) is 10.4 Å². The molecule has 4 nitrogen and oxygen atoms in total. The van der Waals surface area contributed by atoms with Crippen molar-refractivity contribution >= 4 is 17.2 Å². The van der Waals surface area contributed by atoms with Crippen LogP contribution in [0.15, 0.2) is 11.4 Å². The maximum atomic E-state index is 11.9. The van der Waals surface area contributed by atoms with Crippen LogP contribution in [0.2, 0.25) is 0 Å². The van der Waals surface area contributed by atoms with Gasteiger partial charge < -0.3 is 15.4 Å². The molecule has 0 aromatic carbocycles. The number of amides is 1. The van der Waals surface area contributed by atoms with Gasteiger partial charge in [0, 0.05) is 13.6 Å². The van der Waals surface area contributed by atoms with Gasteiger partial charge in [-0.15, -0.1) is 11.3 Å². The van der Waals surface area contributed by atoms with E-state index in [4.69, 9.17) is 5.73 Å². The summed E-state index contributed by atoms with van der Waals surface area (Å²) in [4.78, 5) is 13.7. The zero-order chi connectivity index (χ0) is 15.9. The van der Waals surface area contributed by atoms with Crippen molar-refractivity contribution < 1.29 is 22.7 Å². The van der Waals surface area contributed by atoms with Gasteiger partial charge in [0.2, 0.25) is 5.91 Å². The minimum Gasteiger partial charge on any atom is -0.362 e. The van der Waals surface area contributed by atoms with E-state index in [0.717, 1.165) is 10.4 Å². The predicted octanol–water partition coefficient (Wildman–Crippen LogP) is 1.60. The molecule has 8 heteroatoms. The van der Waals surface area contributed by atoms with E-state index in [0.29, 0.717) is 0 Å². The molecule has 1 amide bonds. The molecule has 1 aromatic heterocycles. The Balaban J connectivity index is 2.43. The normalized spacial score (nSPS) is 10.9. The first-order valence-corrected chi connectivity index (χ1v) is 6.84. The van der Waals surface area contributed by atoms with Gasteiger partial charge in [-0.05, 0) is 17.0 Å². The summed E-state index contributed by atoms with van der Waals surface area (Å²) in [6.45, 7) is -1.47. The molecule has 1 rings (SSSR count). The maximum absolute atomic E-state index is 11.9. The molecule has 0 unspecified atom stereocenters. The lowest BCUT2D eigenvalue weighted by Gasteiger charge is -2.16. The van der Waals surface area contributed by atoms with E-state index in [-0.39, 0.29) is 13.1 Å². The zero-order valence-electron chi connectivity index (χ0n) is 11.4. The van der Waals surface area contributed by atoms with Crippen LogP contribution in [0.5, 0.6) is 0 Å². The summed E-state index contributed by atoms with van der Waals surface area (Å²) in [5, 5.41) is 1.83. The minimum atomic E-state index is -4.43. The fourth-order valence-corrected chi connectivity index (χ4v) is 2.16. The average Bonchev–Trinajstić information content (AvgIpc) is 2.82. The maximum Gasteiger partial charge on any atom is 0.411 e. The molecule has 0 aliphatic heterocycles. The third-order valence-electron chi connectivity index (χ3n) is 2.30. The third kappa shape index (κ3) is 7.13. The van der Waals surface area contributed by atoms with E-state index in [2.05, 4.69) is 16.6 Å². The van der Waals surface area contributed by atoms with Crippen LogP contribution in [0.3, 0.4) is 0 Å². The summed E-state index contributed by atoms with van der Waals surface area (Å²) in [5.74, 6) is 5.07. The summed E-state index contributed by atoms with van der Waals surface area (Å²) in [6.07, 6.45) is -4.43. The van der Waals surface area contributed by atoms with Gasteiger partial charge in [-0.2, -0.15) is 13.2 Å². The molecule has 0 radical (unpaired) electrons. The molecule has 0 spiro atoms. The Hall–Kier alpha value is -1.56. The van der Waals surface area contributed by atoms with E-state index in [1.807, 2.05) is 11.4 Å². The van der Waals surface area contributed by atoms with Crippen molar-refractivity contribution in [3.63, 3.8) is 0 Å². The SMILES string of the molecule is CN(Cc1csc(C#CCN)c1)C(=O)COCC(F)(F)F. The Labute approximate surface area is 124 Å². The fraction of sp³-hybridized carbons (Fsp3) is 0.462. The van der Waals surface area contributed by atoms with Gasteiger partial charge in [-0.3, -0.25) is 4.79 Å². The molecular formula is C13H15F3N2O2S. The molecule has 0 atom stereocenters. The number of ether oxygens (including phenoxy) is 1. The number of halogens is 3. The van der Waals surface area contributed by atoms with Gasteiger partial charge in [-0.25, -0.2) is 0 Å². The number of hydrogen-bond donors (Lipinski definition) is 1. The number of nitrogens with zero attached hydrogens (tertiary/aromatic N) is 1. The van der Waals surface area contributed by atoms with Crippen LogP contribution in [-0.4, -0.2) is 43.8 Å². The monoisotopic (exact) mass is 320 g/mol. The molecule has 0 aliphatic rings. The van der Waals surface area contributed by atoms with Crippen molar-refractivity contribution in [2.45, 2.75) is 12.7 Å². The van der Waals surface area contributed by atoms with Crippen molar-refractivity contribution in [1.82, 2.24) is 4.90 Å². The van der Waals surface area contributed by atoms with Gasteiger partial charge in [0.05, 0.1) is 11.4 Å². The fourth-order valence-electron chi connectivity index (χ4n) is 1.39. The first-order valence-electron chi connectivity index (χ1n) is 5.96. The van der Waals surface area contributed by atoms with Gasteiger partial charge >= 0.3 is 6.18 Å². The molecule has 0 bridgehead atoms. The van der Waals surface area contributed by atoms with Crippen molar-refractivity contribution in [2.75, 3.05) is 26.8 Å². The topological polar surface area (TPSA) is 55.6 Å². The second-order valence-electron chi connectivity index (χ2n) is 4.18. The number of nitrogens with two attached hydrogens (primary N) is 1. The first-order chi connectivity index (χ1) is 9.81. The molecule has 2 N–H and O–H groups in total. The van der Waals surface area contributed by atoms with Crippen LogP contribution in [0.4, 0.5) is 13.2 Å². The zero-order valence-corrected chi connectivity index (χ0v) is 12.2. The highest BCUT2D eigenvalue weighted by molar-refractivity contribution is 7.10. The standard InChI is InChI=1S/C13H15F3N2O2S/c1-18(12(19)7-20-9-13(14,15)16)6-10-5-11(21-8-10)3-2-4-17/h5,8H,4,6-7,9,17H2,1H3.